The third kappa shape index (κ3) is 5.46. The normalized spacial score (nSPS) is 14.7. The molecule has 0 saturated heterocycles. The monoisotopic (exact) mass is 630 g/mol. The number of esters is 1. The lowest BCUT2D eigenvalue weighted by Gasteiger charge is -2.26. The molecular weight excluding hydrogens is 596 g/mol. The van der Waals surface area contributed by atoms with E-state index in [2.05, 4.69) is 16.7 Å². The van der Waals surface area contributed by atoms with Crippen LogP contribution in [0.25, 0.3) is 17.0 Å². The van der Waals surface area contributed by atoms with Gasteiger partial charge in [0.05, 0.1) is 40.1 Å². The zero-order valence-electron chi connectivity index (χ0n) is 26.4. The number of hydrogen-bond acceptors (Lipinski definition) is 7. The van der Waals surface area contributed by atoms with Crippen molar-refractivity contribution < 1.29 is 14.3 Å². The van der Waals surface area contributed by atoms with E-state index in [1.807, 2.05) is 93.6 Å². The number of carbonyl (C=O) groups excluding carboxylic acids is 1. The summed E-state index contributed by atoms with van der Waals surface area (Å²) in [6.07, 6.45) is 1.80. The maximum atomic E-state index is 14.4. The fourth-order valence-corrected chi connectivity index (χ4v) is 7.09. The average molecular weight is 631 g/mol. The van der Waals surface area contributed by atoms with Crippen molar-refractivity contribution in [2.45, 2.75) is 53.3 Å². The van der Waals surface area contributed by atoms with Crippen LogP contribution in [0, 0.1) is 18.3 Å². The van der Waals surface area contributed by atoms with Crippen molar-refractivity contribution in [2.24, 2.45) is 4.99 Å². The minimum absolute atomic E-state index is 0.117. The molecular formula is C37H34N4O4S. The molecule has 0 saturated carbocycles. The molecule has 0 aliphatic carbocycles. The first-order chi connectivity index (χ1) is 22.2. The largest absolute Gasteiger partial charge is 0.491 e. The van der Waals surface area contributed by atoms with Crippen LogP contribution in [0.5, 0.6) is 5.75 Å². The second-order valence-electron chi connectivity index (χ2n) is 11.4. The Morgan fingerprint density at radius 1 is 1.07 bits per heavy atom. The highest BCUT2D eigenvalue weighted by Gasteiger charge is 2.35. The molecule has 5 aromatic rings. The Balaban J connectivity index is 1.57. The number of allylic oxidation sites excluding steroid dienone is 1. The molecule has 0 radical (unpaired) electrons. The van der Waals surface area contributed by atoms with Crippen molar-refractivity contribution in [2.75, 3.05) is 6.61 Å². The van der Waals surface area contributed by atoms with Crippen LogP contribution in [0.4, 0.5) is 0 Å². The van der Waals surface area contributed by atoms with Crippen LogP contribution >= 0.6 is 11.3 Å². The maximum Gasteiger partial charge on any atom is 0.338 e. The Morgan fingerprint density at radius 2 is 1.78 bits per heavy atom. The average Bonchev–Trinajstić information content (AvgIpc) is 3.49. The summed E-state index contributed by atoms with van der Waals surface area (Å²) >= 11 is 1.29. The number of para-hydroxylation sites is 2. The second kappa shape index (κ2) is 12.7. The summed E-state index contributed by atoms with van der Waals surface area (Å²) in [5, 5.41) is 10.7. The fourth-order valence-electron chi connectivity index (χ4n) is 6.07. The first-order valence-electron chi connectivity index (χ1n) is 15.2. The number of carbonyl (C=O) groups is 1. The molecule has 232 valence electrons. The van der Waals surface area contributed by atoms with Gasteiger partial charge < -0.3 is 14.0 Å². The van der Waals surface area contributed by atoms with E-state index in [0.717, 1.165) is 27.7 Å². The Kier molecular flexibility index (Phi) is 8.48. The molecule has 1 aliphatic heterocycles. The zero-order valence-corrected chi connectivity index (χ0v) is 27.2. The van der Waals surface area contributed by atoms with Gasteiger partial charge >= 0.3 is 5.97 Å². The van der Waals surface area contributed by atoms with Gasteiger partial charge in [-0.05, 0) is 64.5 Å². The Labute approximate surface area is 270 Å². The van der Waals surface area contributed by atoms with Crippen molar-refractivity contribution in [3.8, 4) is 11.8 Å². The minimum atomic E-state index is -0.780. The molecule has 3 aromatic carbocycles. The van der Waals surface area contributed by atoms with E-state index in [-0.39, 0.29) is 18.3 Å². The molecule has 0 N–H and O–H groups in total. The van der Waals surface area contributed by atoms with Crippen LogP contribution in [0.1, 0.15) is 61.7 Å². The zero-order chi connectivity index (χ0) is 32.5. The van der Waals surface area contributed by atoms with E-state index in [1.165, 1.54) is 11.3 Å². The standard InChI is InChI=1S/C37H34N4O4S/c1-6-44-36(43)33-23(4)39-37-41(34(33)28-16-10-12-18-31(28)45-22(2)3)35(42)32(46-37)19-29-24(5)40(30-17-11-9-15-27(29)30)21-26-14-8-7-13-25(26)20-38/h7-19,22,34H,6,21H2,1-5H3/b32-19-/t34-/m1/s1. The highest BCUT2D eigenvalue weighted by molar-refractivity contribution is 7.07. The van der Waals surface area contributed by atoms with E-state index in [9.17, 15) is 14.9 Å². The predicted octanol–water partition coefficient (Wildman–Crippen LogP) is 5.77. The number of rotatable bonds is 8. The molecule has 0 unspecified atom stereocenters. The van der Waals surface area contributed by atoms with E-state index >= 15 is 0 Å². The molecule has 2 aromatic heterocycles. The molecule has 1 aliphatic rings. The summed E-state index contributed by atoms with van der Waals surface area (Å²) in [6, 6.07) is 24.7. The first-order valence-corrected chi connectivity index (χ1v) is 16.1. The molecule has 1 atom stereocenters. The van der Waals surface area contributed by atoms with Crippen molar-refractivity contribution in [3.63, 3.8) is 0 Å². The van der Waals surface area contributed by atoms with Crippen LogP contribution < -0.4 is 19.6 Å². The Bertz CT molecular complexity index is 2250. The van der Waals surface area contributed by atoms with Gasteiger partial charge in [-0.3, -0.25) is 9.36 Å². The molecule has 0 fully saturated rings. The van der Waals surface area contributed by atoms with Gasteiger partial charge in [0, 0.05) is 34.3 Å². The van der Waals surface area contributed by atoms with Gasteiger partial charge in [0.2, 0.25) is 0 Å². The molecule has 0 bridgehead atoms. The topological polar surface area (TPSA) is 98.6 Å². The SMILES string of the molecule is CCOC(=O)C1=C(C)N=c2s/c(=C\c3c(C)n(Cc4ccccc4C#N)c4ccccc34)c(=O)n2[C@@H]1c1ccccc1OC(C)C. The van der Waals surface area contributed by atoms with Gasteiger partial charge in [-0.15, -0.1) is 0 Å². The van der Waals surface area contributed by atoms with Gasteiger partial charge in [0.15, 0.2) is 4.80 Å². The number of nitriles is 1. The maximum absolute atomic E-state index is 14.4. The molecule has 8 nitrogen and oxygen atoms in total. The lowest BCUT2D eigenvalue weighted by atomic mass is 9.95. The number of nitrogens with zero attached hydrogens (tertiary/aromatic N) is 4. The number of benzene rings is 3. The third-order valence-electron chi connectivity index (χ3n) is 8.11. The summed E-state index contributed by atoms with van der Waals surface area (Å²) < 4.78 is 15.9. The summed E-state index contributed by atoms with van der Waals surface area (Å²) in [5.74, 6) is 0.0732. The molecule has 6 rings (SSSR count). The quantitative estimate of drug-likeness (QED) is 0.203. The summed E-state index contributed by atoms with van der Waals surface area (Å²) in [4.78, 5) is 33.1. The Morgan fingerprint density at radius 3 is 2.54 bits per heavy atom. The molecule has 3 heterocycles. The predicted molar refractivity (Wildman–Crippen MR) is 180 cm³/mol. The van der Waals surface area contributed by atoms with Crippen molar-refractivity contribution in [1.29, 1.82) is 5.26 Å². The highest BCUT2D eigenvalue weighted by Crippen LogP contribution is 2.36. The number of thiazole rings is 1. The Hall–Kier alpha value is -5.20. The smallest absolute Gasteiger partial charge is 0.338 e. The molecule has 0 amide bonds. The van der Waals surface area contributed by atoms with Crippen LogP contribution in [0.15, 0.2) is 93.9 Å². The highest BCUT2D eigenvalue weighted by atomic mass is 32.1. The number of hydrogen-bond donors (Lipinski definition) is 0. The van der Waals surface area contributed by atoms with Crippen molar-refractivity contribution in [3.05, 3.63) is 132 Å². The van der Waals surface area contributed by atoms with Gasteiger partial charge in [-0.1, -0.05) is 65.9 Å². The second-order valence-corrected chi connectivity index (χ2v) is 12.4. The van der Waals surface area contributed by atoms with E-state index in [1.54, 1.807) is 18.4 Å². The van der Waals surface area contributed by atoms with Crippen LogP contribution in [-0.2, 0) is 16.1 Å². The summed E-state index contributed by atoms with van der Waals surface area (Å²) in [7, 11) is 0. The number of fused-ring (bicyclic) bond motifs is 2. The molecule has 9 heteroatoms. The minimum Gasteiger partial charge on any atom is -0.491 e. The van der Waals surface area contributed by atoms with Crippen LogP contribution in [0.3, 0.4) is 0 Å². The van der Waals surface area contributed by atoms with Gasteiger partial charge in [0.1, 0.15) is 11.8 Å². The fraction of sp³-hybridized carbons (Fsp3) is 0.243. The van der Waals surface area contributed by atoms with Gasteiger partial charge in [-0.25, -0.2) is 9.79 Å². The lowest BCUT2D eigenvalue weighted by molar-refractivity contribution is -0.139. The molecule has 0 spiro atoms. The lowest BCUT2D eigenvalue weighted by Crippen LogP contribution is -2.40. The summed E-state index contributed by atoms with van der Waals surface area (Å²) in [6.45, 7) is 10.1. The van der Waals surface area contributed by atoms with Gasteiger partial charge in [-0.2, -0.15) is 5.26 Å². The van der Waals surface area contributed by atoms with Crippen molar-refractivity contribution >= 4 is 34.3 Å². The van der Waals surface area contributed by atoms with E-state index < -0.39 is 12.0 Å². The number of aromatic nitrogens is 2. The number of ether oxygens (including phenoxy) is 2. The van der Waals surface area contributed by atoms with Crippen molar-refractivity contribution in [1.82, 2.24) is 9.13 Å². The van der Waals surface area contributed by atoms with Crippen LogP contribution in [0.2, 0.25) is 0 Å². The van der Waals surface area contributed by atoms with E-state index in [4.69, 9.17) is 14.5 Å². The molecule has 46 heavy (non-hydrogen) atoms. The van der Waals surface area contributed by atoms with E-state index in [0.29, 0.717) is 44.0 Å². The van der Waals surface area contributed by atoms with Crippen LogP contribution in [-0.4, -0.2) is 27.8 Å². The van der Waals surface area contributed by atoms with Gasteiger partial charge in [0.25, 0.3) is 5.56 Å². The third-order valence-corrected chi connectivity index (χ3v) is 9.10. The summed E-state index contributed by atoms with van der Waals surface area (Å²) in [5.41, 5.74) is 5.67. The first kappa shape index (κ1) is 30.8.